The molecule has 10 nitrogen and oxygen atoms in total. The zero-order chi connectivity index (χ0) is 26.8. The number of nitrogens with one attached hydrogen (secondary N) is 1. The molecular formula is C26H19BrN6O4S. The van der Waals surface area contributed by atoms with Gasteiger partial charge >= 0.3 is 5.56 Å². The SMILES string of the molecule is COc1ccc(-c2csc(-n3[nH]c(-c4ccc([N+](=O)[O-])cc4)c(N=Nc4ccc(C)c(Br)c4)c3=O)n2)cc1. The lowest BCUT2D eigenvalue weighted by Gasteiger charge is -2.01. The first-order valence-electron chi connectivity index (χ1n) is 11.2. The summed E-state index contributed by atoms with van der Waals surface area (Å²) in [5.41, 5.74) is 3.59. The number of aryl methyl sites for hydroxylation is 1. The number of halogens is 1. The van der Waals surface area contributed by atoms with Gasteiger partial charge in [-0.25, -0.2) is 4.98 Å². The molecule has 0 radical (unpaired) electrons. The number of nitro groups is 1. The molecule has 1 N–H and O–H groups in total. The predicted octanol–water partition coefficient (Wildman–Crippen LogP) is 7.36. The van der Waals surface area contributed by atoms with Gasteiger partial charge in [-0.1, -0.05) is 22.0 Å². The van der Waals surface area contributed by atoms with E-state index in [4.69, 9.17) is 4.74 Å². The van der Waals surface area contributed by atoms with Gasteiger partial charge in [-0.2, -0.15) is 9.80 Å². The van der Waals surface area contributed by atoms with Crippen molar-refractivity contribution in [2.24, 2.45) is 10.2 Å². The van der Waals surface area contributed by atoms with Crippen molar-refractivity contribution in [3.8, 4) is 33.4 Å². The van der Waals surface area contributed by atoms with E-state index in [2.05, 4.69) is 36.2 Å². The maximum Gasteiger partial charge on any atom is 0.301 e. The number of nitro benzene ring substituents is 1. The van der Waals surface area contributed by atoms with Gasteiger partial charge in [0.15, 0.2) is 5.69 Å². The molecule has 3 aromatic carbocycles. The summed E-state index contributed by atoms with van der Waals surface area (Å²) >= 11 is 4.76. The Morgan fingerprint density at radius 3 is 2.42 bits per heavy atom. The lowest BCUT2D eigenvalue weighted by atomic mass is 10.1. The van der Waals surface area contributed by atoms with Crippen molar-refractivity contribution in [1.29, 1.82) is 0 Å². The maximum absolute atomic E-state index is 13.5. The summed E-state index contributed by atoms with van der Waals surface area (Å²) in [5, 5.41) is 25.0. The highest BCUT2D eigenvalue weighted by molar-refractivity contribution is 9.10. The van der Waals surface area contributed by atoms with Crippen molar-refractivity contribution in [2.75, 3.05) is 7.11 Å². The molecule has 0 fully saturated rings. The average Bonchev–Trinajstić information content (AvgIpc) is 3.54. The second-order valence-electron chi connectivity index (χ2n) is 8.16. The van der Waals surface area contributed by atoms with Gasteiger partial charge in [0.2, 0.25) is 5.13 Å². The van der Waals surface area contributed by atoms with E-state index in [1.54, 1.807) is 31.4 Å². The Morgan fingerprint density at radius 1 is 1.05 bits per heavy atom. The monoisotopic (exact) mass is 590 g/mol. The first-order valence-corrected chi connectivity index (χ1v) is 12.9. The van der Waals surface area contributed by atoms with Gasteiger partial charge in [0, 0.05) is 33.1 Å². The van der Waals surface area contributed by atoms with Crippen molar-refractivity contribution < 1.29 is 9.66 Å². The second-order valence-corrected chi connectivity index (χ2v) is 9.85. The zero-order valence-corrected chi connectivity index (χ0v) is 22.5. The lowest BCUT2D eigenvalue weighted by molar-refractivity contribution is -0.384. The fourth-order valence-corrected chi connectivity index (χ4v) is 4.78. The first-order chi connectivity index (χ1) is 18.3. The first kappa shape index (κ1) is 25.2. The molecule has 0 saturated heterocycles. The summed E-state index contributed by atoms with van der Waals surface area (Å²) in [6, 6.07) is 18.8. The third-order valence-electron chi connectivity index (χ3n) is 5.72. The Bertz CT molecular complexity index is 1720. The number of methoxy groups -OCH3 is 1. The van der Waals surface area contributed by atoms with Crippen LogP contribution in [0, 0.1) is 17.0 Å². The molecule has 0 unspecified atom stereocenters. The fraction of sp³-hybridized carbons (Fsp3) is 0.0769. The summed E-state index contributed by atoms with van der Waals surface area (Å²) in [6.07, 6.45) is 0. The summed E-state index contributed by atoms with van der Waals surface area (Å²) < 4.78 is 7.38. The average molecular weight is 591 g/mol. The van der Waals surface area contributed by atoms with Gasteiger partial charge in [0.05, 0.1) is 29.1 Å². The van der Waals surface area contributed by atoms with Gasteiger partial charge in [-0.15, -0.1) is 16.5 Å². The number of azo groups is 1. The summed E-state index contributed by atoms with van der Waals surface area (Å²) in [7, 11) is 1.60. The quantitative estimate of drug-likeness (QED) is 0.120. The van der Waals surface area contributed by atoms with Crippen LogP contribution in [0.25, 0.3) is 27.6 Å². The Kier molecular flexibility index (Phi) is 6.99. The highest BCUT2D eigenvalue weighted by atomic mass is 79.9. The molecule has 190 valence electrons. The van der Waals surface area contributed by atoms with Crippen molar-refractivity contribution in [2.45, 2.75) is 6.92 Å². The predicted molar refractivity (Wildman–Crippen MR) is 149 cm³/mol. The third-order valence-corrected chi connectivity index (χ3v) is 7.40. The number of nitrogens with zero attached hydrogens (tertiary/aromatic N) is 5. The van der Waals surface area contributed by atoms with Crippen LogP contribution in [0.15, 0.2) is 91.6 Å². The minimum atomic E-state index is -0.482. The number of rotatable bonds is 7. The largest absolute Gasteiger partial charge is 0.497 e. The smallest absolute Gasteiger partial charge is 0.301 e. The summed E-state index contributed by atoms with van der Waals surface area (Å²) in [4.78, 5) is 28.8. The minimum absolute atomic E-state index is 0.0525. The van der Waals surface area contributed by atoms with Gasteiger partial charge in [-0.3, -0.25) is 20.0 Å². The summed E-state index contributed by atoms with van der Waals surface area (Å²) in [6.45, 7) is 1.96. The number of aromatic amines is 1. The van der Waals surface area contributed by atoms with E-state index in [1.807, 2.05) is 42.6 Å². The molecular weight excluding hydrogens is 572 g/mol. The standard InChI is InChI=1S/C26H19BrN6O4S/c1-15-3-8-18(13-21(15)27)29-30-24-23(17-4-9-19(10-5-17)33(35)36)31-32(25(24)34)26-28-22(14-38-26)16-6-11-20(37-2)12-7-16/h3-14,31H,1-2H3. The number of benzene rings is 3. The number of non-ortho nitro benzene ring substituents is 1. The molecule has 5 rings (SSSR count). The van der Waals surface area contributed by atoms with Crippen LogP contribution in [0.1, 0.15) is 5.56 Å². The molecule has 5 aromatic rings. The van der Waals surface area contributed by atoms with Gasteiger partial charge in [-0.05, 0) is 61.0 Å². The van der Waals surface area contributed by atoms with Crippen LogP contribution in [0.5, 0.6) is 5.75 Å². The van der Waals surface area contributed by atoms with E-state index in [1.165, 1.54) is 28.2 Å². The van der Waals surface area contributed by atoms with Crippen LogP contribution in [0.4, 0.5) is 17.1 Å². The van der Waals surface area contributed by atoms with E-state index in [-0.39, 0.29) is 11.4 Å². The Morgan fingerprint density at radius 2 is 1.76 bits per heavy atom. The third kappa shape index (κ3) is 5.04. The van der Waals surface area contributed by atoms with E-state index in [0.29, 0.717) is 27.8 Å². The number of hydrogen-bond acceptors (Lipinski definition) is 8. The normalized spacial score (nSPS) is 11.2. The second kappa shape index (κ2) is 10.5. The zero-order valence-electron chi connectivity index (χ0n) is 20.1. The highest BCUT2D eigenvalue weighted by Gasteiger charge is 2.20. The van der Waals surface area contributed by atoms with E-state index < -0.39 is 10.5 Å². The van der Waals surface area contributed by atoms with Crippen LogP contribution >= 0.6 is 27.3 Å². The number of thiazole rings is 1. The number of aromatic nitrogens is 3. The molecule has 0 atom stereocenters. The van der Waals surface area contributed by atoms with Crippen molar-refractivity contribution in [3.63, 3.8) is 0 Å². The van der Waals surface area contributed by atoms with E-state index >= 15 is 0 Å². The Balaban J connectivity index is 1.58. The molecule has 0 aliphatic heterocycles. The van der Waals surface area contributed by atoms with Crippen LogP contribution in [0.3, 0.4) is 0 Å². The number of H-pyrrole nitrogens is 1. The van der Waals surface area contributed by atoms with Crippen LogP contribution in [-0.2, 0) is 0 Å². The van der Waals surface area contributed by atoms with E-state index in [0.717, 1.165) is 21.3 Å². The van der Waals surface area contributed by atoms with Crippen molar-refractivity contribution in [1.82, 2.24) is 14.8 Å². The molecule has 0 spiro atoms. The topological polar surface area (TPSA) is 128 Å². The lowest BCUT2D eigenvalue weighted by Crippen LogP contribution is -2.13. The molecule has 0 saturated carbocycles. The maximum atomic E-state index is 13.5. The van der Waals surface area contributed by atoms with Gasteiger partial charge in [0.25, 0.3) is 5.69 Å². The molecule has 2 aromatic heterocycles. The summed E-state index contributed by atoms with van der Waals surface area (Å²) in [5.74, 6) is 0.730. The van der Waals surface area contributed by atoms with Crippen LogP contribution < -0.4 is 10.3 Å². The van der Waals surface area contributed by atoms with Crippen LogP contribution in [0.2, 0.25) is 0 Å². The number of hydrogen-bond donors (Lipinski definition) is 1. The van der Waals surface area contributed by atoms with Crippen molar-refractivity contribution in [3.05, 3.63) is 103 Å². The fourth-order valence-electron chi connectivity index (χ4n) is 3.62. The number of ether oxygens (including phenoxy) is 1. The highest BCUT2D eigenvalue weighted by Crippen LogP contribution is 2.32. The van der Waals surface area contributed by atoms with Gasteiger partial charge in [0.1, 0.15) is 5.75 Å². The van der Waals surface area contributed by atoms with Crippen LogP contribution in [-0.4, -0.2) is 26.8 Å². The molecule has 0 aliphatic rings. The molecule has 38 heavy (non-hydrogen) atoms. The van der Waals surface area contributed by atoms with Gasteiger partial charge < -0.3 is 4.74 Å². The molecule has 0 aliphatic carbocycles. The minimum Gasteiger partial charge on any atom is -0.497 e. The molecule has 2 heterocycles. The molecule has 0 amide bonds. The van der Waals surface area contributed by atoms with Crippen molar-refractivity contribution >= 4 is 44.3 Å². The van der Waals surface area contributed by atoms with E-state index in [9.17, 15) is 14.9 Å². The Labute approximate surface area is 228 Å². The molecule has 0 bridgehead atoms. The molecule has 12 heteroatoms. The Hall–Kier alpha value is -4.42.